The lowest BCUT2D eigenvalue weighted by atomic mass is 10.1. The maximum absolute atomic E-state index is 12.0. The molecule has 0 spiro atoms. The Labute approximate surface area is 146 Å². The van der Waals surface area contributed by atoms with E-state index in [-0.39, 0.29) is 49.4 Å². The highest BCUT2D eigenvalue weighted by atomic mass is 35.5. The lowest BCUT2D eigenvalue weighted by molar-refractivity contribution is -0.125. The molecule has 0 saturated carbocycles. The molecule has 3 N–H and O–H groups in total. The molecule has 1 atom stereocenters. The molecule has 1 aromatic carbocycles. The van der Waals surface area contributed by atoms with Crippen molar-refractivity contribution in [2.24, 2.45) is 0 Å². The lowest BCUT2D eigenvalue weighted by Crippen LogP contribution is -2.30. The highest BCUT2D eigenvalue weighted by molar-refractivity contribution is 6.01. The molecule has 2 aliphatic rings. The monoisotopic (exact) mass is 352 g/mol. The number of hydrogen-bond donors (Lipinski definition) is 3. The fourth-order valence-electron chi connectivity index (χ4n) is 2.91. The average Bonchev–Trinajstić information content (AvgIpc) is 3.13. The summed E-state index contributed by atoms with van der Waals surface area (Å²) >= 11 is 0. The summed E-state index contributed by atoms with van der Waals surface area (Å²) in [6, 6.07) is 7.10. The predicted octanol–water partition coefficient (Wildman–Crippen LogP) is 1.24. The van der Waals surface area contributed by atoms with E-state index in [2.05, 4.69) is 16.0 Å². The third-order valence-corrected chi connectivity index (χ3v) is 4.08. The molecule has 0 bridgehead atoms. The van der Waals surface area contributed by atoms with Gasteiger partial charge in [-0.2, -0.15) is 0 Å². The van der Waals surface area contributed by atoms with Gasteiger partial charge in [0.05, 0.1) is 13.1 Å². The van der Waals surface area contributed by atoms with E-state index < -0.39 is 0 Å². The van der Waals surface area contributed by atoms with E-state index in [1.165, 1.54) is 4.90 Å². The molecule has 2 heterocycles. The topological polar surface area (TPSA) is 90.5 Å². The molecule has 4 amide bonds. The van der Waals surface area contributed by atoms with Crippen molar-refractivity contribution >= 4 is 35.9 Å². The van der Waals surface area contributed by atoms with Gasteiger partial charge in [-0.05, 0) is 37.1 Å². The number of rotatable bonds is 5. The van der Waals surface area contributed by atoms with E-state index >= 15 is 0 Å². The first kappa shape index (κ1) is 18.2. The SMILES string of the molecule is Cl.O=C(CC1CCCN1)Nc1cccc(CN2C(=O)CNC2=O)c1. The minimum atomic E-state index is -0.378. The Bertz CT molecular complexity index is 616. The number of benzene rings is 1. The largest absolute Gasteiger partial charge is 0.329 e. The first-order valence-electron chi connectivity index (χ1n) is 7.82. The molecule has 0 radical (unpaired) electrons. The number of carbonyl (C=O) groups is 3. The van der Waals surface area contributed by atoms with Crippen LogP contribution in [0.3, 0.4) is 0 Å². The van der Waals surface area contributed by atoms with Crippen LogP contribution in [0.4, 0.5) is 10.5 Å². The van der Waals surface area contributed by atoms with Crippen molar-refractivity contribution in [1.82, 2.24) is 15.5 Å². The van der Waals surface area contributed by atoms with Gasteiger partial charge < -0.3 is 16.0 Å². The molecule has 3 rings (SSSR count). The molecule has 2 fully saturated rings. The van der Waals surface area contributed by atoms with Crippen molar-refractivity contribution in [3.63, 3.8) is 0 Å². The third-order valence-electron chi connectivity index (χ3n) is 4.08. The Morgan fingerprint density at radius 1 is 1.33 bits per heavy atom. The van der Waals surface area contributed by atoms with Crippen LogP contribution in [0, 0.1) is 0 Å². The van der Waals surface area contributed by atoms with Crippen molar-refractivity contribution < 1.29 is 14.4 Å². The summed E-state index contributed by atoms with van der Waals surface area (Å²) in [7, 11) is 0. The highest BCUT2D eigenvalue weighted by Crippen LogP contribution is 2.16. The molecular weight excluding hydrogens is 332 g/mol. The molecule has 0 aromatic heterocycles. The number of urea groups is 1. The van der Waals surface area contributed by atoms with Gasteiger partial charge in [-0.3, -0.25) is 14.5 Å². The standard InChI is InChI=1S/C16H20N4O3.ClH/c21-14(8-12-5-2-6-17-12)19-13-4-1-3-11(7-13)10-20-15(22)9-18-16(20)23;/h1,3-4,7,12,17H,2,5-6,8-10H2,(H,18,23)(H,19,21);1H. The number of nitrogens with zero attached hydrogens (tertiary/aromatic N) is 1. The summed E-state index contributed by atoms with van der Waals surface area (Å²) < 4.78 is 0. The summed E-state index contributed by atoms with van der Waals surface area (Å²) in [5, 5.41) is 8.65. The van der Waals surface area contributed by atoms with E-state index in [0.717, 1.165) is 24.9 Å². The maximum Gasteiger partial charge on any atom is 0.324 e. The number of carbonyl (C=O) groups excluding carboxylic acids is 3. The van der Waals surface area contributed by atoms with Crippen molar-refractivity contribution in [2.45, 2.75) is 31.8 Å². The molecule has 1 aromatic rings. The Morgan fingerprint density at radius 2 is 2.17 bits per heavy atom. The molecule has 2 aliphatic heterocycles. The first-order chi connectivity index (χ1) is 11.1. The van der Waals surface area contributed by atoms with Crippen LogP contribution in [0.1, 0.15) is 24.8 Å². The zero-order valence-electron chi connectivity index (χ0n) is 13.2. The van der Waals surface area contributed by atoms with Crippen LogP contribution < -0.4 is 16.0 Å². The van der Waals surface area contributed by atoms with Crippen molar-refractivity contribution in [1.29, 1.82) is 0 Å². The van der Waals surface area contributed by atoms with Gasteiger partial charge in [-0.25, -0.2) is 4.79 Å². The second kappa shape index (κ2) is 8.12. The van der Waals surface area contributed by atoms with E-state index in [0.29, 0.717) is 12.1 Å². The minimum Gasteiger partial charge on any atom is -0.329 e. The summed E-state index contributed by atoms with van der Waals surface area (Å²) in [6.07, 6.45) is 2.59. The van der Waals surface area contributed by atoms with Gasteiger partial charge in [-0.15, -0.1) is 12.4 Å². The van der Waals surface area contributed by atoms with Crippen molar-refractivity contribution in [3.8, 4) is 0 Å². The van der Waals surface area contributed by atoms with Crippen molar-refractivity contribution in [3.05, 3.63) is 29.8 Å². The third kappa shape index (κ3) is 4.46. The maximum atomic E-state index is 12.0. The van der Waals surface area contributed by atoms with Crippen LogP contribution in [0.25, 0.3) is 0 Å². The zero-order valence-corrected chi connectivity index (χ0v) is 14.0. The highest BCUT2D eigenvalue weighted by Gasteiger charge is 2.28. The van der Waals surface area contributed by atoms with E-state index in [1.807, 2.05) is 6.07 Å². The Hall–Kier alpha value is -2.12. The van der Waals surface area contributed by atoms with Gasteiger partial charge in [0, 0.05) is 18.2 Å². The average molecular weight is 353 g/mol. The van der Waals surface area contributed by atoms with Gasteiger partial charge in [-0.1, -0.05) is 12.1 Å². The second-order valence-electron chi connectivity index (χ2n) is 5.88. The molecule has 0 aliphatic carbocycles. The smallest absolute Gasteiger partial charge is 0.324 e. The number of halogens is 1. The van der Waals surface area contributed by atoms with Gasteiger partial charge in [0.2, 0.25) is 11.8 Å². The zero-order chi connectivity index (χ0) is 16.2. The molecule has 7 nitrogen and oxygen atoms in total. The number of nitrogens with one attached hydrogen (secondary N) is 3. The fraction of sp³-hybridized carbons (Fsp3) is 0.438. The summed E-state index contributed by atoms with van der Waals surface area (Å²) in [4.78, 5) is 36.4. The molecule has 24 heavy (non-hydrogen) atoms. The predicted molar refractivity (Wildman–Crippen MR) is 91.9 cm³/mol. The summed E-state index contributed by atoms with van der Waals surface area (Å²) in [6.45, 7) is 1.22. The molecule has 2 saturated heterocycles. The van der Waals surface area contributed by atoms with Crippen LogP contribution >= 0.6 is 12.4 Å². The number of anilines is 1. The fourth-order valence-corrected chi connectivity index (χ4v) is 2.91. The number of imide groups is 1. The normalized spacial score (nSPS) is 19.8. The molecule has 8 heteroatoms. The minimum absolute atomic E-state index is 0. The van der Waals surface area contributed by atoms with Crippen LogP contribution in [0.5, 0.6) is 0 Å². The van der Waals surface area contributed by atoms with Gasteiger partial charge in [0.15, 0.2) is 0 Å². The van der Waals surface area contributed by atoms with Crippen LogP contribution in [0.2, 0.25) is 0 Å². The summed E-state index contributed by atoms with van der Waals surface area (Å²) in [5.41, 5.74) is 1.48. The van der Waals surface area contributed by atoms with Crippen molar-refractivity contribution in [2.75, 3.05) is 18.4 Å². The van der Waals surface area contributed by atoms with Gasteiger partial charge >= 0.3 is 6.03 Å². The molecular formula is C16H21ClN4O3. The van der Waals surface area contributed by atoms with Crippen LogP contribution in [0.15, 0.2) is 24.3 Å². The van der Waals surface area contributed by atoms with E-state index in [9.17, 15) is 14.4 Å². The second-order valence-corrected chi connectivity index (χ2v) is 5.88. The first-order valence-corrected chi connectivity index (χ1v) is 7.82. The number of hydrogen-bond acceptors (Lipinski definition) is 4. The quantitative estimate of drug-likeness (QED) is 0.695. The van der Waals surface area contributed by atoms with Gasteiger partial charge in [0.25, 0.3) is 0 Å². The van der Waals surface area contributed by atoms with Crippen LogP contribution in [-0.4, -0.2) is 41.9 Å². The van der Waals surface area contributed by atoms with Crippen LogP contribution in [-0.2, 0) is 16.1 Å². The number of amides is 4. The summed E-state index contributed by atoms with van der Waals surface area (Å²) in [5.74, 6) is -0.270. The Kier molecular flexibility index (Phi) is 6.16. The molecule has 130 valence electrons. The lowest BCUT2D eigenvalue weighted by Gasteiger charge is -2.14. The Balaban J connectivity index is 0.00000208. The van der Waals surface area contributed by atoms with E-state index in [1.54, 1.807) is 18.2 Å². The van der Waals surface area contributed by atoms with Gasteiger partial charge in [0.1, 0.15) is 0 Å². The van der Waals surface area contributed by atoms with E-state index in [4.69, 9.17) is 0 Å². The Morgan fingerprint density at radius 3 is 2.83 bits per heavy atom. The molecule has 1 unspecified atom stereocenters.